The Kier molecular flexibility index (Phi) is 5.88. The van der Waals surface area contributed by atoms with Gasteiger partial charge in [-0.05, 0) is 49.3 Å². The van der Waals surface area contributed by atoms with Crippen LogP contribution in [0.2, 0.25) is 0 Å². The fourth-order valence-electron chi connectivity index (χ4n) is 4.21. The Morgan fingerprint density at radius 1 is 1.14 bits per heavy atom. The first kappa shape index (κ1) is 16.0. The van der Waals surface area contributed by atoms with Gasteiger partial charge in [0.2, 0.25) is 0 Å². The molecule has 1 aromatic rings. The quantitative estimate of drug-likeness (QED) is 0.846. The lowest BCUT2D eigenvalue weighted by molar-refractivity contribution is 0.185. The molecular weight excluding hydrogens is 272 g/mol. The third-order valence-electron chi connectivity index (χ3n) is 5.31. The molecule has 0 amide bonds. The Labute approximate surface area is 134 Å². The normalized spacial score (nSPS) is 28.9. The van der Waals surface area contributed by atoms with E-state index in [9.17, 15) is 0 Å². The van der Waals surface area contributed by atoms with E-state index in [0.29, 0.717) is 12.6 Å². The van der Waals surface area contributed by atoms with E-state index < -0.39 is 0 Å². The second-order valence-electron chi connectivity index (χ2n) is 6.89. The van der Waals surface area contributed by atoms with Gasteiger partial charge in [-0.25, -0.2) is 0 Å². The minimum atomic E-state index is 0.682. The lowest BCUT2D eigenvalue weighted by atomic mass is 9.88. The largest absolute Gasteiger partial charge is 0.380 e. The van der Waals surface area contributed by atoms with Crippen LogP contribution < -0.4 is 10.6 Å². The third-order valence-corrected chi connectivity index (χ3v) is 5.31. The Bertz CT molecular complexity index is 457. The highest BCUT2D eigenvalue weighted by Crippen LogP contribution is 2.31. The van der Waals surface area contributed by atoms with Crippen molar-refractivity contribution >= 4 is 0 Å². The smallest absolute Gasteiger partial charge is 0.0713 e. The SMILES string of the molecule is COCc1cccc(CNC2CCCC2C2CCCCN2)c1. The lowest BCUT2D eigenvalue weighted by Gasteiger charge is -2.33. The van der Waals surface area contributed by atoms with Crippen LogP contribution in [0.25, 0.3) is 0 Å². The van der Waals surface area contributed by atoms with Crippen molar-refractivity contribution in [3.05, 3.63) is 35.4 Å². The average molecular weight is 302 g/mol. The van der Waals surface area contributed by atoms with Crippen LogP contribution in [0.4, 0.5) is 0 Å². The van der Waals surface area contributed by atoms with Crippen LogP contribution in [0.15, 0.2) is 24.3 Å². The number of hydrogen-bond donors (Lipinski definition) is 2. The number of hydrogen-bond acceptors (Lipinski definition) is 3. The van der Waals surface area contributed by atoms with Crippen molar-refractivity contribution in [3.63, 3.8) is 0 Å². The van der Waals surface area contributed by atoms with Gasteiger partial charge in [0.05, 0.1) is 6.61 Å². The van der Waals surface area contributed by atoms with Crippen LogP contribution in [0.3, 0.4) is 0 Å². The van der Waals surface area contributed by atoms with Gasteiger partial charge in [-0.3, -0.25) is 0 Å². The molecule has 3 atom stereocenters. The molecule has 1 heterocycles. The van der Waals surface area contributed by atoms with Gasteiger partial charge in [0.1, 0.15) is 0 Å². The summed E-state index contributed by atoms with van der Waals surface area (Å²) in [5.41, 5.74) is 2.63. The monoisotopic (exact) mass is 302 g/mol. The summed E-state index contributed by atoms with van der Waals surface area (Å²) in [5, 5.41) is 7.59. The standard InChI is InChI=1S/C19H30N2O/c1-22-14-16-7-4-6-15(12-16)13-21-19-10-5-8-17(19)18-9-2-3-11-20-18/h4,6-7,12,17-21H,2-3,5,8-11,13-14H2,1H3. The number of piperidine rings is 1. The van der Waals surface area contributed by atoms with Crippen molar-refractivity contribution < 1.29 is 4.74 Å². The first-order chi connectivity index (χ1) is 10.9. The van der Waals surface area contributed by atoms with E-state index in [1.54, 1.807) is 7.11 Å². The van der Waals surface area contributed by atoms with E-state index in [0.717, 1.165) is 18.5 Å². The van der Waals surface area contributed by atoms with Crippen molar-refractivity contribution in [1.29, 1.82) is 0 Å². The Morgan fingerprint density at radius 3 is 2.86 bits per heavy atom. The maximum Gasteiger partial charge on any atom is 0.0713 e. The van der Waals surface area contributed by atoms with Crippen molar-refractivity contribution in [1.82, 2.24) is 10.6 Å². The van der Waals surface area contributed by atoms with E-state index in [4.69, 9.17) is 4.74 Å². The zero-order valence-corrected chi connectivity index (χ0v) is 13.8. The second-order valence-corrected chi connectivity index (χ2v) is 6.89. The zero-order chi connectivity index (χ0) is 15.2. The molecule has 0 bridgehead atoms. The Morgan fingerprint density at radius 2 is 2.05 bits per heavy atom. The maximum atomic E-state index is 5.23. The highest BCUT2D eigenvalue weighted by atomic mass is 16.5. The molecule has 1 aromatic carbocycles. The van der Waals surface area contributed by atoms with Gasteiger partial charge in [-0.2, -0.15) is 0 Å². The van der Waals surface area contributed by atoms with Gasteiger partial charge in [0, 0.05) is 25.7 Å². The van der Waals surface area contributed by atoms with E-state index in [1.807, 2.05) is 0 Å². The molecule has 0 spiro atoms. The minimum absolute atomic E-state index is 0.682. The molecule has 1 aliphatic heterocycles. The van der Waals surface area contributed by atoms with Crippen molar-refractivity contribution in [3.8, 4) is 0 Å². The fourth-order valence-corrected chi connectivity index (χ4v) is 4.21. The molecule has 22 heavy (non-hydrogen) atoms. The first-order valence-corrected chi connectivity index (χ1v) is 8.90. The second kappa shape index (κ2) is 8.09. The summed E-state index contributed by atoms with van der Waals surface area (Å²) < 4.78 is 5.23. The van der Waals surface area contributed by atoms with E-state index in [1.165, 1.54) is 56.2 Å². The van der Waals surface area contributed by atoms with Gasteiger partial charge < -0.3 is 15.4 Å². The number of ether oxygens (including phenoxy) is 1. The number of nitrogens with one attached hydrogen (secondary N) is 2. The molecule has 3 rings (SSSR count). The van der Waals surface area contributed by atoms with Crippen LogP contribution in [0, 0.1) is 5.92 Å². The van der Waals surface area contributed by atoms with Crippen molar-refractivity contribution in [2.45, 2.75) is 63.8 Å². The molecule has 122 valence electrons. The van der Waals surface area contributed by atoms with Crippen LogP contribution in [-0.4, -0.2) is 25.7 Å². The molecule has 1 saturated carbocycles. The summed E-state index contributed by atoms with van der Waals surface area (Å²) in [4.78, 5) is 0. The van der Waals surface area contributed by atoms with E-state index >= 15 is 0 Å². The number of rotatable bonds is 6. The minimum Gasteiger partial charge on any atom is -0.380 e. The number of benzene rings is 1. The molecule has 0 aromatic heterocycles. The molecule has 0 radical (unpaired) electrons. The molecule has 2 N–H and O–H groups in total. The van der Waals surface area contributed by atoms with Gasteiger partial charge in [-0.1, -0.05) is 37.1 Å². The summed E-state index contributed by atoms with van der Waals surface area (Å²) in [5.74, 6) is 0.822. The van der Waals surface area contributed by atoms with Gasteiger partial charge in [-0.15, -0.1) is 0 Å². The maximum absolute atomic E-state index is 5.23. The van der Waals surface area contributed by atoms with Crippen LogP contribution in [0.1, 0.15) is 49.7 Å². The van der Waals surface area contributed by atoms with E-state index in [2.05, 4.69) is 34.9 Å². The summed E-state index contributed by atoms with van der Waals surface area (Å²) >= 11 is 0. The van der Waals surface area contributed by atoms with Crippen LogP contribution in [0.5, 0.6) is 0 Å². The molecular formula is C19H30N2O. The lowest BCUT2D eigenvalue weighted by Crippen LogP contribution is -2.46. The average Bonchev–Trinajstić information content (AvgIpc) is 3.03. The first-order valence-electron chi connectivity index (χ1n) is 8.90. The zero-order valence-electron chi connectivity index (χ0n) is 13.8. The van der Waals surface area contributed by atoms with Crippen LogP contribution >= 0.6 is 0 Å². The predicted octanol–water partition coefficient (Wildman–Crippen LogP) is 3.23. The molecule has 3 heteroatoms. The van der Waals surface area contributed by atoms with E-state index in [-0.39, 0.29) is 0 Å². The molecule has 2 fully saturated rings. The number of methoxy groups -OCH3 is 1. The summed E-state index contributed by atoms with van der Waals surface area (Å²) in [6.45, 7) is 2.89. The van der Waals surface area contributed by atoms with Gasteiger partial charge in [0.15, 0.2) is 0 Å². The van der Waals surface area contributed by atoms with Gasteiger partial charge in [0.25, 0.3) is 0 Å². The Balaban J connectivity index is 1.54. The molecule has 2 aliphatic rings. The molecule has 1 saturated heterocycles. The highest BCUT2D eigenvalue weighted by molar-refractivity contribution is 5.23. The van der Waals surface area contributed by atoms with Crippen molar-refractivity contribution in [2.75, 3.05) is 13.7 Å². The molecule has 1 aliphatic carbocycles. The summed E-state index contributed by atoms with van der Waals surface area (Å²) in [6, 6.07) is 10.2. The van der Waals surface area contributed by atoms with Crippen LogP contribution in [-0.2, 0) is 17.9 Å². The predicted molar refractivity (Wildman–Crippen MR) is 90.8 cm³/mol. The van der Waals surface area contributed by atoms with Gasteiger partial charge >= 0.3 is 0 Å². The topological polar surface area (TPSA) is 33.3 Å². The Hall–Kier alpha value is -0.900. The molecule has 3 unspecified atom stereocenters. The summed E-state index contributed by atoms with van der Waals surface area (Å²) in [7, 11) is 1.76. The highest BCUT2D eigenvalue weighted by Gasteiger charge is 2.33. The molecule has 3 nitrogen and oxygen atoms in total. The fraction of sp³-hybridized carbons (Fsp3) is 0.684. The van der Waals surface area contributed by atoms with Crippen molar-refractivity contribution in [2.24, 2.45) is 5.92 Å². The summed E-state index contributed by atoms with van der Waals surface area (Å²) in [6.07, 6.45) is 8.23. The third kappa shape index (κ3) is 4.09.